The van der Waals surface area contributed by atoms with Crippen LogP contribution in [0.4, 0.5) is 0 Å². The Morgan fingerprint density at radius 2 is 2.00 bits per heavy atom. The van der Waals surface area contributed by atoms with Crippen molar-refractivity contribution >= 4 is 0 Å². The van der Waals surface area contributed by atoms with Gasteiger partial charge in [-0.2, -0.15) is 10.4 Å². The Kier molecular flexibility index (Phi) is 5.13. The van der Waals surface area contributed by atoms with E-state index in [1.54, 1.807) is 0 Å². The van der Waals surface area contributed by atoms with Crippen molar-refractivity contribution in [1.82, 2.24) is 15.1 Å². The molecule has 1 heterocycles. The smallest absolute Gasteiger partial charge is 0.0991 e. The van der Waals surface area contributed by atoms with Crippen molar-refractivity contribution < 1.29 is 0 Å². The Morgan fingerprint density at radius 1 is 1.29 bits per heavy atom. The molecule has 2 rings (SSSR count). The number of hydrogen-bond donors (Lipinski definition) is 1. The van der Waals surface area contributed by atoms with E-state index in [0.717, 1.165) is 25.2 Å². The van der Waals surface area contributed by atoms with Gasteiger partial charge in [0.15, 0.2) is 0 Å². The van der Waals surface area contributed by atoms with Gasteiger partial charge in [-0.15, -0.1) is 0 Å². The minimum Gasteiger partial charge on any atom is -0.305 e. The maximum atomic E-state index is 8.83. The molecule has 1 atom stereocenters. The van der Waals surface area contributed by atoms with E-state index in [1.165, 1.54) is 11.3 Å². The maximum Gasteiger partial charge on any atom is 0.0991 e. The first kappa shape index (κ1) is 15.3. The van der Waals surface area contributed by atoms with Crippen molar-refractivity contribution in [2.24, 2.45) is 0 Å². The molecular formula is C17H22N4. The highest BCUT2D eigenvalue weighted by atomic mass is 15.3. The number of aryl methyl sites for hydroxylation is 2. The molecule has 1 aromatic carbocycles. The first-order valence-electron chi connectivity index (χ1n) is 7.47. The molecule has 0 amide bonds. The standard InChI is InChI=1S/C17H22N4/c1-4-16-10-17(21(5-2)20-16)12-19-13(3)15-8-6-14(11-18)7-9-15/h6-10,13,19H,4-5,12H2,1-3H3. The zero-order chi connectivity index (χ0) is 15.2. The maximum absolute atomic E-state index is 8.83. The Hall–Kier alpha value is -2.12. The summed E-state index contributed by atoms with van der Waals surface area (Å²) in [5.41, 5.74) is 4.24. The molecule has 1 aromatic heterocycles. The highest BCUT2D eigenvalue weighted by molar-refractivity contribution is 5.32. The molecule has 0 aliphatic heterocycles. The highest BCUT2D eigenvalue weighted by Crippen LogP contribution is 2.14. The average molecular weight is 282 g/mol. The molecule has 1 N–H and O–H groups in total. The van der Waals surface area contributed by atoms with Crippen LogP contribution < -0.4 is 5.32 Å². The summed E-state index contributed by atoms with van der Waals surface area (Å²) >= 11 is 0. The van der Waals surface area contributed by atoms with Crippen molar-refractivity contribution in [2.75, 3.05) is 0 Å². The molecule has 0 saturated carbocycles. The molecule has 0 aliphatic carbocycles. The van der Waals surface area contributed by atoms with Crippen LogP contribution >= 0.6 is 0 Å². The Morgan fingerprint density at radius 3 is 2.57 bits per heavy atom. The van der Waals surface area contributed by atoms with Gasteiger partial charge in [0.2, 0.25) is 0 Å². The third kappa shape index (κ3) is 3.71. The van der Waals surface area contributed by atoms with Gasteiger partial charge in [0.25, 0.3) is 0 Å². The number of aromatic nitrogens is 2. The summed E-state index contributed by atoms with van der Waals surface area (Å²) in [5.74, 6) is 0. The van der Waals surface area contributed by atoms with Crippen molar-refractivity contribution in [1.29, 1.82) is 5.26 Å². The summed E-state index contributed by atoms with van der Waals surface area (Å²) < 4.78 is 2.05. The number of benzene rings is 1. The monoisotopic (exact) mass is 282 g/mol. The number of nitrogens with one attached hydrogen (secondary N) is 1. The lowest BCUT2D eigenvalue weighted by atomic mass is 10.1. The molecule has 21 heavy (non-hydrogen) atoms. The molecule has 0 bridgehead atoms. The van der Waals surface area contributed by atoms with Crippen molar-refractivity contribution in [3.8, 4) is 6.07 Å². The van der Waals surface area contributed by atoms with Crippen molar-refractivity contribution in [3.63, 3.8) is 0 Å². The van der Waals surface area contributed by atoms with Crippen LogP contribution in [-0.2, 0) is 19.5 Å². The van der Waals surface area contributed by atoms with E-state index in [2.05, 4.69) is 48.0 Å². The zero-order valence-corrected chi connectivity index (χ0v) is 12.9. The van der Waals surface area contributed by atoms with Crippen LogP contribution in [0, 0.1) is 11.3 Å². The Balaban J connectivity index is 2.01. The minimum absolute atomic E-state index is 0.239. The molecule has 0 radical (unpaired) electrons. The molecule has 0 fully saturated rings. The second-order valence-electron chi connectivity index (χ2n) is 5.13. The summed E-state index contributed by atoms with van der Waals surface area (Å²) in [4.78, 5) is 0. The first-order chi connectivity index (χ1) is 10.2. The van der Waals surface area contributed by atoms with Gasteiger partial charge in [-0.25, -0.2) is 0 Å². The number of nitriles is 1. The quantitative estimate of drug-likeness (QED) is 0.885. The molecule has 4 nitrogen and oxygen atoms in total. The van der Waals surface area contributed by atoms with Crippen LogP contribution in [0.3, 0.4) is 0 Å². The summed E-state index contributed by atoms with van der Waals surface area (Å²) in [5, 5.41) is 16.9. The summed E-state index contributed by atoms with van der Waals surface area (Å²) in [6.07, 6.45) is 0.963. The summed E-state index contributed by atoms with van der Waals surface area (Å²) in [6.45, 7) is 8.05. The van der Waals surface area contributed by atoms with Gasteiger partial charge < -0.3 is 5.32 Å². The van der Waals surface area contributed by atoms with E-state index in [4.69, 9.17) is 5.26 Å². The predicted molar refractivity (Wildman–Crippen MR) is 83.7 cm³/mol. The van der Waals surface area contributed by atoms with Gasteiger partial charge in [0.1, 0.15) is 0 Å². The Bertz CT molecular complexity index is 619. The van der Waals surface area contributed by atoms with Crippen LogP contribution in [0.25, 0.3) is 0 Å². The number of hydrogen-bond acceptors (Lipinski definition) is 3. The largest absolute Gasteiger partial charge is 0.305 e. The van der Waals surface area contributed by atoms with Gasteiger partial charge in [0.05, 0.1) is 23.0 Å². The molecule has 1 unspecified atom stereocenters. The second-order valence-corrected chi connectivity index (χ2v) is 5.13. The second kappa shape index (κ2) is 7.05. The fraction of sp³-hybridized carbons (Fsp3) is 0.412. The first-order valence-corrected chi connectivity index (χ1v) is 7.47. The molecule has 0 saturated heterocycles. The SMILES string of the molecule is CCc1cc(CNC(C)c2ccc(C#N)cc2)n(CC)n1. The predicted octanol–water partition coefficient (Wildman–Crippen LogP) is 3.19. The van der Waals surface area contributed by atoms with Crippen molar-refractivity contribution in [2.45, 2.75) is 46.3 Å². The van der Waals surface area contributed by atoms with Crippen LogP contribution in [0.5, 0.6) is 0 Å². The van der Waals surface area contributed by atoms with Crippen LogP contribution in [-0.4, -0.2) is 9.78 Å². The van der Waals surface area contributed by atoms with Crippen LogP contribution in [0.2, 0.25) is 0 Å². The Labute approximate surface area is 126 Å². The van der Waals surface area contributed by atoms with Gasteiger partial charge in [0, 0.05) is 19.1 Å². The zero-order valence-electron chi connectivity index (χ0n) is 12.9. The van der Waals surface area contributed by atoms with E-state index in [9.17, 15) is 0 Å². The lowest BCUT2D eigenvalue weighted by Crippen LogP contribution is -2.20. The van der Waals surface area contributed by atoms with E-state index in [-0.39, 0.29) is 6.04 Å². The van der Waals surface area contributed by atoms with Crippen LogP contribution in [0.1, 0.15) is 49.3 Å². The van der Waals surface area contributed by atoms with E-state index in [1.807, 2.05) is 24.3 Å². The molecule has 0 aliphatic rings. The summed E-state index contributed by atoms with van der Waals surface area (Å²) in [7, 11) is 0. The van der Waals surface area contributed by atoms with E-state index in [0.29, 0.717) is 5.56 Å². The van der Waals surface area contributed by atoms with Gasteiger partial charge in [-0.3, -0.25) is 4.68 Å². The molecule has 4 heteroatoms. The average Bonchev–Trinajstić information content (AvgIpc) is 2.95. The van der Waals surface area contributed by atoms with Gasteiger partial charge in [-0.05, 0) is 44.0 Å². The topological polar surface area (TPSA) is 53.6 Å². The van der Waals surface area contributed by atoms with Crippen LogP contribution in [0.15, 0.2) is 30.3 Å². The number of nitrogens with zero attached hydrogens (tertiary/aromatic N) is 3. The third-order valence-corrected chi connectivity index (χ3v) is 3.70. The minimum atomic E-state index is 0.239. The highest BCUT2D eigenvalue weighted by Gasteiger charge is 2.09. The molecular weight excluding hydrogens is 260 g/mol. The lowest BCUT2D eigenvalue weighted by Gasteiger charge is -2.14. The normalized spacial score (nSPS) is 12.1. The molecule has 0 spiro atoms. The van der Waals surface area contributed by atoms with E-state index >= 15 is 0 Å². The summed E-state index contributed by atoms with van der Waals surface area (Å²) in [6, 6.07) is 12.3. The molecule has 110 valence electrons. The molecule has 2 aromatic rings. The van der Waals surface area contributed by atoms with Gasteiger partial charge in [-0.1, -0.05) is 19.1 Å². The lowest BCUT2D eigenvalue weighted by molar-refractivity contribution is 0.530. The fourth-order valence-electron chi connectivity index (χ4n) is 2.33. The fourth-order valence-corrected chi connectivity index (χ4v) is 2.33. The number of rotatable bonds is 6. The van der Waals surface area contributed by atoms with Gasteiger partial charge >= 0.3 is 0 Å². The van der Waals surface area contributed by atoms with E-state index < -0.39 is 0 Å². The third-order valence-electron chi connectivity index (χ3n) is 3.70. The van der Waals surface area contributed by atoms with Crippen molar-refractivity contribution in [3.05, 3.63) is 52.8 Å².